The smallest absolute Gasteiger partial charge is 0.255 e. The molecule has 0 radical (unpaired) electrons. The summed E-state index contributed by atoms with van der Waals surface area (Å²) in [7, 11) is -3.60. The van der Waals surface area contributed by atoms with Gasteiger partial charge in [-0.1, -0.05) is 26.0 Å². The van der Waals surface area contributed by atoms with Crippen molar-refractivity contribution in [2.45, 2.75) is 26.2 Å². The van der Waals surface area contributed by atoms with Crippen LogP contribution in [0.1, 0.15) is 42.1 Å². The van der Waals surface area contributed by atoms with Gasteiger partial charge in [-0.05, 0) is 47.9 Å². The molecule has 1 saturated heterocycles. The Morgan fingerprint density at radius 2 is 1.65 bits per heavy atom. The lowest BCUT2D eigenvalue weighted by Crippen LogP contribution is -2.29. The van der Waals surface area contributed by atoms with Crippen LogP contribution >= 0.6 is 0 Å². The molecule has 2 amide bonds. The van der Waals surface area contributed by atoms with Crippen molar-refractivity contribution in [1.29, 1.82) is 0 Å². The van der Waals surface area contributed by atoms with E-state index in [1.165, 1.54) is 29.8 Å². The fourth-order valence-corrected chi connectivity index (χ4v) is 4.23. The van der Waals surface area contributed by atoms with Crippen LogP contribution in [0.2, 0.25) is 0 Å². The van der Waals surface area contributed by atoms with Gasteiger partial charge in [0, 0.05) is 17.7 Å². The Morgan fingerprint density at radius 3 is 2.15 bits per heavy atom. The molecule has 6 nitrogen and oxygen atoms in total. The Balaban J connectivity index is 1.74. The Bertz CT molecular complexity index is 933. The third-order valence-corrected chi connectivity index (χ3v) is 5.97. The number of rotatable bonds is 4. The maximum atomic E-state index is 12.3. The monoisotopic (exact) mass is 372 g/mol. The molecule has 0 saturated carbocycles. The van der Waals surface area contributed by atoms with E-state index >= 15 is 0 Å². The van der Waals surface area contributed by atoms with Crippen molar-refractivity contribution < 1.29 is 18.0 Å². The largest absolute Gasteiger partial charge is 0.322 e. The van der Waals surface area contributed by atoms with Crippen LogP contribution < -0.4 is 9.62 Å². The molecule has 1 fully saturated rings. The second kappa shape index (κ2) is 6.92. The van der Waals surface area contributed by atoms with Crippen molar-refractivity contribution in [3.63, 3.8) is 0 Å². The van der Waals surface area contributed by atoms with Crippen LogP contribution in [-0.2, 0) is 14.8 Å². The van der Waals surface area contributed by atoms with Crippen LogP contribution in [0.15, 0.2) is 48.5 Å². The number of amides is 2. The number of anilines is 2. The molecule has 0 aromatic heterocycles. The minimum Gasteiger partial charge on any atom is -0.322 e. The summed E-state index contributed by atoms with van der Waals surface area (Å²) in [6.07, 6.45) is -0.0169. The number of nitrogens with one attached hydrogen (secondary N) is 1. The van der Waals surface area contributed by atoms with Crippen molar-refractivity contribution in [2.75, 3.05) is 15.4 Å². The quantitative estimate of drug-likeness (QED) is 0.894. The van der Waals surface area contributed by atoms with Crippen molar-refractivity contribution in [2.24, 2.45) is 0 Å². The van der Waals surface area contributed by atoms with Crippen LogP contribution in [0.5, 0.6) is 0 Å². The highest BCUT2D eigenvalue weighted by atomic mass is 32.2. The average molecular weight is 372 g/mol. The van der Waals surface area contributed by atoms with Gasteiger partial charge >= 0.3 is 0 Å². The average Bonchev–Trinajstić information content (AvgIpc) is 2.88. The second-order valence-corrected chi connectivity index (χ2v) is 8.44. The maximum absolute atomic E-state index is 12.3. The topological polar surface area (TPSA) is 83.6 Å². The van der Waals surface area contributed by atoms with Crippen LogP contribution in [0.4, 0.5) is 11.4 Å². The highest BCUT2D eigenvalue weighted by Crippen LogP contribution is 2.25. The minimum absolute atomic E-state index is 0.0169. The lowest BCUT2D eigenvalue weighted by Gasteiger charge is -2.15. The molecule has 1 aliphatic heterocycles. The van der Waals surface area contributed by atoms with E-state index < -0.39 is 15.9 Å². The first kappa shape index (κ1) is 18.1. The van der Waals surface area contributed by atoms with Gasteiger partial charge in [0.25, 0.3) is 5.91 Å². The molecule has 0 bridgehead atoms. The Morgan fingerprint density at radius 1 is 1.04 bits per heavy atom. The van der Waals surface area contributed by atoms with Gasteiger partial charge in [0.05, 0.1) is 11.4 Å². The molecule has 0 atom stereocenters. The summed E-state index contributed by atoms with van der Waals surface area (Å²) in [4.78, 5) is 24.1. The highest BCUT2D eigenvalue weighted by molar-refractivity contribution is 7.94. The lowest BCUT2D eigenvalue weighted by molar-refractivity contribution is -0.116. The summed E-state index contributed by atoms with van der Waals surface area (Å²) < 4.78 is 24.7. The van der Waals surface area contributed by atoms with Gasteiger partial charge in [-0.25, -0.2) is 12.7 Å². The predicted octanol–water partition coefficient (Wildman–Crippen LogP) is 3.13. The number of nitrogens with zero attached hydrogens (tertiary/aromatic N) is 1. The first-order chi connectivity index (χ1) is 12.3. The van der Waals surface area contributed by atoms with Crippen LogP contribution in [-0.4, -0.2) is 26.0 Å². The van der Waals surface area contributed by atoms with Gasteiger partial charge in [0.15, 0.2) is 0 Å². The van der Waals surface area contributed by atoms with E-state index in [2.05, 4.69) is 19.2 Å². The van der Waals surface area contributed by atoms with Crippen molar-refractivity contribution in [1.82, 2.24) is 0 Å². The van der Waals surface area contributed by atoms with Crippen molar-refractivity contribution >= 4 is 33.2 Å². The lowest BCUT2D eigenvalue weighted by atomic mass is 10.0. The number of benzene rings is 2. The molecule has 7 heteroatoms. The summed E-state index contributed by atoms with van der Waals surface area (Å²) in [6.45, 7) is 4.20. The van der Waals surface area contributed by atoms with Gasteiger partial charge in [0.1, 0.15) is 0 Å². The molecule has 2 aromatic carbocycles. The first-order valence-electron chi connectivity index (χ1n) is 8.35. The summed E-state index contributed by atoms with van der Waals surface area (Å²) >= 11 is 0. The van der Waals surface area contributed by atoms with Gasteiger partial charge in [0.2, 0.25) is 15.9 Å². The van der Waals surface area contributed by atoms with E-state index in [-0.39, 0.29) is 23.8 Å². The zero-order chi connectivity index (χ0) is 18.9. The normalized spacial score (nSPS) is 16.1. The molecule has 1 heterocycles. The molecule has 136 valence electrons. The summed E-state index contributed by atoms with van der Waals surface area (Å²) in [6, 6.07) is 13.6. The molecule has 0 unspecified atom stereocenters. The minimum atomic E-state index is -3.60. The molecule has 1 aliphatic rings. The third kappa shape index (κ3) is 3.62. The Kier molecular flexibility index (Phi) is 4.82. The molecular formula is C19H20N2O4S. The summed E-state index contributed by atoms with van der Waals surface area (Å²) in [5.74, 6) is -0.519. The molecule has 3 rings (SSSR count). The van der Waals surface area contributed by atoms with E-state index in [4.69, 9.17) is 0 Å². The fourth-order valence-electron chi connectivity index (χ4n) is 2.77. The molecule has 2 aromatic rings. The van der Waals surface area contributed by atoms with E-state index in [0.717, 1.165) is 4.31 Å². The molecule has 1 N–H and O–H groups in total. The van der Waals surface area contributed by atoms with Gasteiger partial charge in [-0.2, -0.15) is 0 Å². The van der Waals surface area contributed by atoms with Gasteiger partial charge in [-0.15, -0.1) is 0 Å². The highest BCUT2D eigenvalue weighted by Gasteiger charge is 2.36. The molecular weight excluding hydrogens is 352 g/mol. The van der Waals surface area contributed by atoms with Gasteiger partial charge in [-0.3, -0.25) is 9.59 Å². The van der Waals surface area contributed by atoms with E-state index in [0.29, 0.717) is 17.2 Å². The number of sulfonamides is 1. The molecule has 26 heavy (non-hydrogen) atoms. The maximum Gasteiger partial charge on any atom is 0.255 e. The fraction of sp³-hybridized carbons (Fsp3) is 0.263. The molecule has 0 aliphatic carbocycles. The number of hydrogen-bond acceptors (Lipinski definition) is 4. The Labute approximate surface area is 152 Å². The third-order valence-electron chi connectivity index (χ3n) is 4.28. The summed E-state index contributed by atoms with van der Waals surface area (Å²) in [5.41, 5.74) is 2.50. The second-order valence-electron chi connectivity index (χ2n) is 6.50. The van der Waals surface area contributed by atoms with E-state index in [1.807, 2.05) is 24.3 Å². The molecule has 0 spiro atoms. The Hall–Kier alpha value is -2.67. The standard InChI is InChI=1S/C19H20N2O4S/c1-13(2)14-3-7-16(8-4-14)20-19(23)15-5-9-17(10-6-15)21-18(22)11-12-26(21,24)25/h3-10,13H,11-12H2,1-2H3,(H,20,23). The zero-order valence-electron chi connectivity index (χ0n) is 14.6. The predicted molar refractivity (Wildman–Crippen MR) is 101 cm³/mol. The van der Waals surface area contributed by atoms with Gasteiger partial charge < -0.3 is 5.32 Å². The zero-order valence-corrected chi connectivity index (χ0v) is 15.4. The van der Waals surface area contributed by atoms with Crippen molar-refractivity contribution in [3.05, 3.63) is 59.7 Å². The van der Waals surface area contributed by atoms with Crippen LogP contribution in [0.25, 0.3) is 0 Å². The van der Waals surface area contributed by atoms with Crippen molar-refractivity contribution in [3.8, 4) is 0 Å². The van der Waals surface area contributed by atoms with E-state index in [9.17, 15) is 18.0 Å². The summed E-state index contributed by atoms with van der Waals surface area (Å²) in [5, 5.41) is 2.80. The number of hydrogen-bond donors (Lipinski definition) is 1. The first-order valence-corrected chi connectivity index (χ1v) is 9.96. The van der Waals surface area contributed by atoms with Crippen LogP contribution in [0.3, 0.4) is 0 Å². The van der Waals surface area contributed by atoms with Crippen LogP contribution in [0, 0.1) is 0 Å². The number of carbonyl (C=O) groups is 2. The SMILES string of the molecule is CC(C)c1ccc(NC(=O)c2ccc(N3C(=O)CCS3(=O)=O)cc2)cc1. The van der Waals surface area contributed by atoms with E-state index in [1.54, 1.807) is 0 Å². The number of carbonyl (C=O) groups excluding carboxylic acids is 2.